The molecule has 3 heteroatoms. The topological polar surface area (TPSA) is 32.3 Å². The number of carbonyl (C=O) groups excluding carboxylic acids is 1. The van der Waals surface area contributed by atoms with Gasteiger partial charge in [-0.1, -0.05) is 29.8 Å². The maximum Gasteiger partial charge on any atom is 0.227 e. The van der Waals surface area contributed by atoms with Gasteiger partial charge in [0.25, 0.3) is 0 Å². The summed E-state index contributed by atoms with van der Waals surface area (Å²) in [6.45, 7) is 6.73. The van der Waals surface area contributed by atoms with Gasteiger partial charge in [-0.3, -0.25) is 4.79 Å². The number of benzene rings is 1. The second-order valence-corrected chi connectivity index (χ2v) is 4.86. The first-order chi connectivity index (χ1) is 8.15. The fourth-order valence-corrected chi connectivity index (χ4v) is 2.15. The molecule has 3 nitrogen and oxygen atoms in total. The summed E-state index contributed by atoms with van der Waals surface area (Å²) in [4.78, 5) is 14.1. The van der Waals surface area contributed by atoms with Crippen LogP contribution in [0.2, 0.25) is 0 Å². The van der Waals surface area contributed by atoms with Crippen LogP contribution in [0.3, 0.4) is 0 Å². The predicted octanol–water partition coefficient (Wildman–Crippen LogP) is 1.36. The molecule has 0 saturated carbocycles. The highest BCUT2D eigenvalue weighted by Gasteiger charge is 2.20. The molecule has 1 N–H and O–H groups in total. The Morgan fingerprint density at radius 3 is 2.76 bits per heavy atom. The van der Waals surface area contributed by atoms with Crippen molar-refractivity contribution < 1.29 is 4.79 Å². The Bertz CT molecular complexity index is 386. The van der Waals surface area contributed by atoms with Crippen LogP contribution in [0.5, 0.6) is 0 Å². The van der Waals surface area contributed by atoms with Gasteiger partial charge in [0.15, 0.2) is 0 Å². The van der Waals surface area contributed by atoms with Crippen LogP contribution in [-0.2, 0) is 11.2 Å². The highest BCUT2D eigenvalue weighted by molar-refractivity contribution is 5.79. The van der Waals surface area contributed by atoms with E-state index in [4.69, 9.17) is 0 Å². The Balaban J connectivity index is 1.94. The number of nitrogens with zero attached hydrogens (tertiary/aromatic N) is 1. The molecule has 0 radical (unpaired) electrons. The molecule has 1 amide bonds. The summed E-state index contributed by atoms with van der Waals surface area (Å²) in [5, 5.41) is 3.34. The lowest BCUT2D eigenvalue weighted by Gasteiger charge is -2.32. The van der Waals surface area contributed by atoms with Crippen molar-refractivity contribution >= 4 is 5.91 Å². The molecule has 0 unspecified atom stereocenters. The molecule has 1 aliphatic heterocycles. The highest BCUT2D eigenvalue weighted by Crippen LogP contribution is 2.07. The number of piperazine rings is 1. The van der Waals surface area contributed by atoms with Crippen LogP contribution in [0.15, 0.2) is 24.3 Å². The summed E-state index contributed by atoms with van der Waals surface area (Å²) in [5.74, 6) is 0.238. The van der Waals surface area contributed by atoms with Crippen LogP contribution < -0.4 is 5.32 Å². The van der Waals surface area contributed by atoms with Gasteiger partial charge in [0.1, 0.15) is 0 Å². The quantitative estimate of drug-likeness (QED) is 0.835. The van der Waals surface area contributed by atoms with Gasteiger partial charge >= 0.3 is 0 Å². The molecule has 1 heterocycles. The molecule has 0 aromatic heterocycles. The lowest BCUT2D eigenvalue weighted by atomic mass is 10.1. The summed E-state index contributed by atoms with van der Waals surface area (Å²) in [7, 11) is 0. The van der Waals surface area contributed by atoms with Gasteiger partial charge in [0.05, 0.1) is 6.42 Å². The fourth-order valence-electron chi connectivity index (χ4n) is 2.15. The summed E-state index contributed by atoms with van der Waals surface area (Å²) in [6, 6.07) is 8.61. The maximum absolute atomic E-state index is 12.1. The smallest absolute Gasteiger partial charge is 0.227 e. The molecule has 0 spiro atoms. The van der Waals surface area contributed by atoms with Gasteiger partial charge in [-0.15, -0.1) is 0 Å². The third-order valence-electron chi connectivity index (χ3n) is 3.20. The molecular formula is C14H20N2O. The van der Waals surface area contributed by atoms with Crippen molar-refractivity contribution in [2.75, 3.05) is 19.6 Å². The van der Waals surface area contributed by atoms with Crippen LogP contribution in [-0.4, -0.2) is 36.5 Å². The number of hydrogen-bond acceptors (Lipinski definition) is 2. The van der Waals surface area contributed by atoms with E-state index in [2.05, 4.69) is 31.3 Å². The third-order valence-corrected chi connectivity index (χ3v) is 3.20. The van der Waals surface area contributed by atoms with Crippen LogP contribution in [0, 0.1) is 6.92 Å². The van der Waals surface area contributed by atoms with Crippen molar-refractivity contribution in [3.8, 4) is 0 Å². The molecule has 1 saturated heterocycles. The SMILES string of the molecule is Cc1ccc(CC(=O)N2CCN[C@H](C)C2)cc1. The maximum atomic E-state index is 12.1. The third kappa shape index (κ3) is 3.30. The summed E-state index contributed by atoms with van der Waals surface area (Å²) in [5.41, 5.74) is 2.34. The first-order valence-electron chi connectivity index (χ1n) is 6.22. The Labute approximate surface area is 103 Å². The van der Waals surface area contributed by atoms with Crippen LogP contribution in [0.1, 0.15) is 18.1 Å². The van der Waals surface area contributed by atoms with Crippen molar-refractivity contribution in [1.29, 1.82) is 0 Å². The number of hydrogen-bond donors (Lipinski definition) is 1. The molecule has 1 fully saturated rings. The van der Waals surface area contributed by atoms with E-state index in [0.29, 0.717) is 12.5 Å². The van der Waals surface area contributed by atoms with E-state index in [-0.39, 0.29) is 5.91 Å². The van der Waals surface area contributed by atoms with Crippen molar-refractivity contribution in [1.82, 2.24) is 10.2 Å². The van der Waals surface area contributed by atoms with E-state index in [9.17, 15) is 4.79 Å². The zero-order valence-corrected chi connectivity index (χ0v) is 10.6. The molecule has 92 valence electrons. The first kappa shape index (κ1) is 12.1. The Morgan fingerprint density at radius 1 is 1.41 bits per heavy atom. The van der Waals surface area contributed by atoms with Gasteiger partial charge in [0.2, 0.25) is 5.91 Å². The normalized spacial score (nSPS) is 20.4. The van der Waals surface area contributed by atoms with E-state index in [1.807, 2.05) is 17.0 Å². The van der Waals surface area contributed by atoms with Crippen molar-refractivity contribution in [2.24, 2.45) is 0 Å². The monoisotopic (exact) mass is 232 g/mol. The van der Waals surface area contributed by atoms with Crippen LogP contribution in [0.4, 0.5) is 0 Å². The number of aryl methyl sites for hydroxylation is 1. The second-order valence-electron chi connectivity index (χ2n) is 4.86. The number of nitrogens with one attached hydrogen (secondary N) is 1. The minimum Gasteiger partial charge on any atom is -0.340 e. The Morgan fingerprint density at radius 2 is 2.12 bits per heavy atom. The zero-order valence-electron chi connectivity index (χ0n) is 10.6. The van der Waals surface area contributed by atoms with Crippen molar-refractivity contribution in [2.45, 2.75) is 26.3 Å². The summed E-state index contributed by atoms with van der Waals surface area (Å²) < 4.78 is 0. The van der Waals surface area contributed by atoms with E-state index in [0.717, 1.165) is 25.2 Å². The molecule has 1 atom stereocenters. The summed E-state index contributed by atoms with van der Waals surface area (Å²) >= 11 is 0. The lowest BCUT2D eigenvalue weighted by molar-refractivity contribution is -0.131. The lowest BCUT2D eigenvalue weighted by Crippen LogP contribution is -2.51. The van der Waals surface area contributed by atoms with Crippen molar-refractivity contribution in [3.05, 3.63) is 35.4 Å². The molecule has 1 aliphatic rings. The van der Waals surface area contributed by atoms with Gasteiger partial charge in [-0.2, -0.15) is 0 Å². The largest absolute Gasteiger partial charge is 0.340 e. The fraction of sp³-hybridized carbons (Fsp3) is 0.500. The van der Waals surface area contributed by atoms with E-state index < -0.39 is 0 Å². The van der Waals surface area contributed by atoms with E-state index >= 15 is 0 Å². The number of carbonyl (C=O) groups is 1. The van der Waals surface area contributed by atoms with Crippen molar-refractivity contribution in [3.63, 3.8) is 0 Å². The molecule has 2 rings (SSSR count). The van der Waals surface area contributed by atoms with Gasteiger partial charge in [-0.05, 0) is 19.4 Å². The Kier molecular flexibility index (Phi) is 3.79. The Hall–Kier alpha value is -1.35. The average molecular weight is 232 g/mol. The van der Waals surface area contributed by atoms with Gasteiger partial charge < -0.3 is 10.2 Å². The van der Waals surface area contributed by atoms with Gasteiger partial charge in [0, 0.05) is 25.7 Å². The number of rotatable bonds is 2. The minimum absolute atomic E-state index is 0.238. The molecule has 0 bridgehead atoms. The van der Waals surface area contributed by atoms with Crippen LogP contribution in [0.25, 0.3) is 0 Å². The summed E-state index contributed by atoms with van der Waals surface area (Å²) in [6.07, 6.45) is 0.521. The van der Waals surface area contributed by atoms with Gasteiger partial charge in [-0.25, -0.2) is 0 Å². The zero-order chi connectivity index (χ0) is 12.3. The molecule has 0 aliphatic carbocycles. The first-order valence-corrected chi connectivity index (χ1v) is 6.22. The molecule has 17 heavy (non-hydrogen) atoms. The molecule has 1 aromatic carbocycles. The standard InChI is InChI=1S/C14H20N2O/c1-11-3-5-13(6-4-11)9-14(17)16-8-7-15-12(2)10-16/h3-6,12,15H,7-10H2,1-2H3/t12-/m1/s1. The molecule has 1 aromatic rings. The molecular weight excluding hydrogens is 212 g/mol. The van der Waals surface area contributed by atoms with E-state index in [1.165, 1.54) is 5.56 Å². The second kappa shape index (κ2) is 5.32. The van der Waals surface area contributed by atoms with Crippen LogP contribution >= 0.6 is 0 Å². The number of amides is 1. The average Bonchev–Trinajstić information content (AvgIpc) is 2.32. The van der Waals surface area contributed by atoms with E-state index in [1.54, 1.807) is 0 Å². The highest BCUT2D eigenvalue weighted by atomic mass is 16.2. The predicted molar refractivity (Wildman–Crippen MR) is 68.9 cm³/mol. The minimum atomic E-state index is 0.238.